The smallest absolute Gasteiger partial charge is 0.216 e. The maximum Gasteiger partial charge on any atom is 0.216 e. The minimum atomic E-state index is -4.03. The van der Waals surface area contributed by atoms with Gasteiger partial charge in [-0.05, 0) is 64.3 Å². The molecule has 0 radical (unpaired) electrons. The van der Waals surface area contributed by atoms with Crippen molar-refractivity contribution in [2.75, 3.05) is 6.61 Å². The minimum absolute atomic E-state index is 0.0383. The summed E-state index contributed by atoms with van der Waals surface area (Å²) in [5.74, 6) is 0.612. The third-order valence-electron chi connectivity index (χ3n) is 5.42. The van der Waals surface area contributed by atoms with E-state index in [0.29, 0.717) is 29.2 Å². The summed E-state index contributed by atoms with van der Waals surface area (Å²) in [6, 6.07) is 11.7. The van der Waals surface area contributed by atoms with E-state index in [1.54, 1.807) is 36.6 Å². The van der Waals surface area contributed by atoms with Crippen LogP contribution in [0, 0.1) is 17.2 Å². The molecule has 2 aromatic rings. The summed E-state index contributed by atoms with van der Waals surface area (Å²) in [6.07, 6.45) is 4.74. The number of nitriles is 1. The van der Waals surface area contributed by atoms with Gasteiger partial charge in [0.25, 0.3) is 0 Å². The Kier molecular flexibility index (Phi) is 8.62. The van der Waals surface area contributed by atoms with E-state index in [2.05, 4.69) is 13.8 Å². The van der Waals surface area contributed by atoms with Crippen molar-refractivity contribution in [2.24, 2.45) is 5.92 Å². The summed E-state index contributed by atoms with van der Waals surface area (Å²) in [5, 5.41) is 20.7. The summed E-state index contributed by atoms with van der Waals surface area (Å²) in [5.41, 5.74) is 1.99. The van der Waals surface area contributed by atoms with Crippen LogP contribution in [0.3, 0.4) is 0 Å². The molecule has 0 aliphatic rings. The predicted molar refractivity (Wildman–Crippen MR) is 143 cm³/mol. The highest BCUT2D eigenvalue weighted by molar-refractivity contribution is 7.95. The molecule has 35 heavy (non-hydrogen) atoms. The van der Waals surface area contributed by atoms with Gasteiger partial charge in [-0.2, -0.15) is 5.26 Å². The number of phenolic OH excluding ortho intramolecular Hbond substituents is 1. The first kappa shape index (κ1) is 28.2. The second kappa shape index (κ2) is 10.7. The van der Waals surface area contributed by atoms with Crippen LogP contribution in [-0.2, 0) is 25.4 Å². The maximum absolute atomic E-state index is 13.3. The summed E-state index contributed by atoms with van der Waals surface area (Å²) in [6.45, 7) is 16.6. The molecule has 5 nitrogen and oxygen atoms in total. The van der Waals surface area contributed by atoms with E-state index in [1.807, 2.05) is 47.6 Å². The van der Waals surface area contributed by atoms with Gasteiger partial charge in [0.15, 0.2) is 0 Å². The van der Waals surface area contributed by atoms with Gasteiger partial charge in [-0.1, -0.05) is 67.5 Å². The number of hydrogen-bond donors (Lipinski definition) is 1. The van der Waals surface area contributed by atoms with Crippen molar-refractivity contribution in [3.8, 4) is 11.8 Å². The van der Waals surface area contributed by atoms with Crippen LogP contribution < -0.4 is 0 Å². The van der Waals surface area contributed by atoms with Crippen LogP contribution in [-0.4, -0.2) is 20.1 Å². The summed E-state index contributed by atoms with van der Waals surface area (Å²) in [4.78, 5) is -0.317. The van der Waals surface area contributed by atoms with Gasteiger partial charge >= 0.3 is 0 Å². The Bertz CT molecular complexity index is 1210. The zero-order valence-corrected chi connectivity index (χ0v) is 22.8. The summed E-state index contributed by atoms with van der Waals surface area (Å²) >= 11 is 0. The Balaban J connectivity index is 2.50. The van der Waals surface area contributed by atoms with E-state index in [4.69, 9.17) is 4.74 Å². The first-order valence-corrected chi connectivity index (χ1v) is 13.2. The van der Waals surface area contributed by atoms with E-state index in [1.165, 1.54) is 18.2 Å². The largest absolute Gasteiger partial charge is 0.507 e. The first-order valence-electron chi connectivity index (χ1n) is 11.7. The minimum Gasteiger partial charge on any atom is -0.507 e. The molecule has 0 atom stereocenters. The molecule has 0 fully saturated rings. The zero-order valence-electron chi connectivity index (χ0n) is 22.0. The van der Waals surface area contributed by atoms with Crippen molar-refractivity contribution >= 4 is 22.0 Å². The lowest BCUT2D eigenvalue weighted by molar-refractivity contribution is 0.213. The van der Waals surface area contributed by atoms with Crippen LogP contribution in [0.25, 0.3) is 12.2 Å². The van der Waals surface area contributed by atoms with E-state index in [-0.39, 0.29) is 26.4 Å². The van der Waals surface area contributed by atoms with Crippen LogP contribution in [0.15, 0.2) is 52.5 Å². The monoisotopic (exact) mass is 495 g/mol. The predicted octanol–water partition coefficient (Wildman–Crippen LogP) is 6.97. The molecule has 0 saturated heterocycles. The number of rotatable bonds is 7. The van der Waals surface area contributed by atoms with Crippen LogP contribution >= 0.6 is 0 Å². The Labute approximate surface area is 210 Å². The summed E-state index contributed by atoms with van der Waals surface area (Å²) in [7, 11) is -4.03. The molecule has 188 valence electrons. The number of nitrogens with zero attached hydrogens (tertiary/aromatic N) is 1. The van der Waals surface area contributed by atoms with Gasteiger partial charge in [0.2, 0.25) is 9.84 Å². The van der Waals surface area contributed by atoms with Gasteiger partial charge in [-0.15, -0.1) is 0 Å². The van der Waals surface area contributed by atoms with E-state index < -0.39 is 9.84 Å². The topological polar surface area (TPSA) is 87.4 Å². The molecule has 0 aliphatic carbocycles. The Morgan fingerprint density at radius 2 is 1.51 bits per heavy atom. The molecule has 2 rings (SSSR count). The third-order valence-corrected chi connectivity index (χ3v) is 7.10. The van der Waals surface area contributed by atoms with Gasteiger partial charge < -0.3 is 9.84 Å². The van der Waals surface area contributed by atoms with Gasteiger partial charge in [0, 0.05) is 11.1 Å². The number of hydrogen-bond acceptors (Lipinski definition) is 5. The van der Waals surface area contributed by atoms with Gasteiger partial charge in [0.05, 0.1) is 17.8 Å². The Morgan fingerprint density at radius 1 is 1.00 bits per heavy atom. The van der Waals surface area contributed by atoms with Crippen LogP contribution in [0.1, 0.15) is 77.6 Å². The van der Waals surface area contributed by atoms with Crippen molar-refractivity contribution in [1.82, 2.24) is 0 Å². The highest BCUT2D eigenvalue weighted by Gasteiger charge is 2.27. The van der Waals surface area contributed by atoms with Crippen molar-refractivity contribution in [3.05, 3.63) is 69.8 Å². The van der Waals surface area contributed by atoms with Gasteiger partial charge in [-0.3, -0.25) is 0 Å². The molecule has 0 spiro atoms. The lowest BCUT2D eigenvalue weighted by Gasteiger charge is -2.28. The van der Waals surface area contributed by atoms with E-state index in [0.717, 1.165) is 5.56 Å². The molecule has 2 aromatic carbocycles. The van der Waals surface area contributed by atoms with Crippen LogP contribution in [0.2, 0.25) is 0 Å². The van der Waals surface area contributed by atoms with Crippen molar-refractivity contribution in [3.63, 3.8) is 0 Å². The second-order valence-corrected chi connectivity index (χ2v) is 13.1. The standard InChI is InChI=1S/C29H37NO4S/c1-20(2)19-34-14-13-21-9-11-23(12-10-21)35(32,33)24(18-30)15-22-16-25(28(3,4)5)27(31)26(17-22)29(6,7)8/h9-17,20,31H,19H2,1-8H3. The SMILES string of the molecule is CC(C)COC=Cc1ccc(S(=O)(=O)C(C#N)=Cc2cc(C(C)(C)C)c(O)c(C(C)(C)C)c2)cc1. The zero-order chi connectivity index (χ0) is 26.6. The lowest BCUT2D eigenvalue weighted by atomic mass is 9.78. The fourth-order valence-electron chi connectivity index (χ4n) is 3.46. The molecule has 0 bridgehead atoms. The average molecular weight is 496 g/mol. The van der Waals surface area contributed by atoms with Crippen LogP contribution in [0.4, 0.5) is 0 Å². The number of benzene rings is 2. The number of aromatic hydroxyl groups is 1. The molecular formula is C29H37NO4S. The van der Waals surface area contributed by atoms with Gasteiger partial charge in [0.1, 0.15) is 16.7 Å². The molecule has 0 heterocycles. The quantitative estimate of drug-likeness (QED) is 0.331. The molecular weight excluding hydrogens is 458 g/mol. The summed E-state index contributed by atoms with van der Waals surface area (Å²) < 4.78 is 31.9. The number of allylic oxidation sites excluding steroid dienone is 1. The van der Waals surface area contributed by atoms with Gasteiger partial charge in [-0.25, -0.2) is 8.42 Å². The van der Waals surface area contributed by atoms with Crippen molar-refractivity contribution in [2.45, 2.75) is 71.1 Å². The van der Waals surface area contributed by atoms with E-state index in [9.17, 15) is 18.8 Å². The maximum atomic E-state index is 13.3. The average Bonchev–Trinajstić information content (AvgIpc) is 2.74. The second-order valence-electron chi connectivity index (χ2n) is 11.2. The molecule has 1 N–H and O–H groups in total. The Morgan fingerprint density at radius 3 is 1.94 bits per heavy atom. The Hall–Kier alpha value is -3.04. The van der Waals surface area contributed by atoms with Crippen LogP contribution in [0.5, 0.6) is 5.75 Å². The molecule has 0 amide bonds. The molecule has 0 aromatic heterocycles. The van der Waals surface area contributed by atoms with E-state index >= 15 is 0 Å². The molecule has 0 saturated carbocycles. The molecule has 0 unspecified atom stereocenters. The van der Waals surface area contributed by atoms with Crippen molar-refractivity contribution in [1.29, 1.82) is 5.26 Å². The fourth-order valence-corrected chi connectivity index (χ4v) is 4.62. The third kappa shape index (κ3) is 7.22. The highest BCUT2D eigenvalue weighted by Crippen LogP contribution is 2.40. The first-order chi connectivity index (χ1) is 16.1. The fraction of sp³-hybridized carbons (Fsp3) is 0.414. The number of ether oxygens (including phenoxy) is 1. The highest BCUT2D eigenvalue weighted by atomic mass is 32.2. The lowest BCUT2D eigenvalue weighted by Crippen LogP contribution is -2.17. The van der Waals surface area contributed by atoms with Crippen molar-refractivity contribution < 1.29 is 18.3 Å². The number of phenols is 1. The molecule has 6 heteroatoms. The number of sulfone groups is 1. The normalized spacial score (nSPS) is 13.3. The molecule has 0 aliphatic heterocycles.